The van der Waals surface area contributed by atoms with Crippen molar-refractivity contribution in [2.45, 2.75) is 0 Å². The summed E-state index contributed by atoms with van der Waals surface area (Å²) in [5, 5.41) is 12.4. The Morgan fingerprint density at radius 1 is 0.412 bits per heavy atom. The first-order valence-electron chi connectivity index (χ1n) is 17.0. The average molecular weight is 689 g/mol. The van der Waals surface area contributed by atoms with Crippen molar-refractivity contribution in [2.75, 3.05) is 16.8 Å². The molecule has 7 aromatic carbocycles. The Morgan fingerprint density at radius 2 is 0.941 bits per heavy atom. The summed E-state index contributed by atoms with van der Waals surface area (Å²) in [6, 6.07) is 50.8. The van der Waals surface area contributed by atoms with Crippen LogP contribution >= 0.6 is 22.7 Å². The van der Waals surface area contributed by atoms with Crippen molar-refractivity contribution in [3.05, 3.63) is 152 Å². The van der Waals surface area contributed by atoms with Gasteiger partial charge in [0.15, 0.2) is 0 Å². The highest BCUT2D eigenvalue weighted by Crippen LogP contribution is 2.49. The number of para-hydroxylation sites is 1. The van der Waals surface area contributed by atoms with Crippen LogP contribution in [0.4, 0.5) is 28.4 Å². The van der Waals surface area contributed by atoms with Crippen LogP contribution in [0.25, 0.3) is 72.9 Å². The molecule has 0 saturated carbocycles. The number of nitrogens with zero attached hydrogens (tertiary/aromatic N) is 4. The number of anilines is 5. The summed E-state index contributed by atoms with van der Waals surface area (Å²) in [6.07, 6.45) is 3.77. The number of aromatic nitrogens is 2. The maximum absolute atomic E-state index is 4.74. The zero-order chi connectivity index (χ0) is 33.6. The van der Waals surface area contributed by atoms with E-state index in [4.69, 9.17) is 4.98 Å². The van der Waals surface area contributed by atoms with Crippen LogP contribution in [0.5, 0.6) is 0 Å². The molecular weight excluding hydrogens is 661 g/mol. The molecule has 0 aliphatic rings. The van der Waals surface area contributed by atoms with Crippen molar-refractivity contribution in [2.24, 2.45) is 0 Å². The predicted octanol–water partition coefficient (Wildman–Crippen LogP) is 13.3. The van der Waals surface area contributed by atoms with Crippen LogP contribution in [0.3, 0.4) is 0 Å². The molecule has 6 heteroatoms. The van der Waals surface area contributed by atoms with E-state index in [1.165, 1.54) is 74.6 Å². The van der Waals surface area contributed by atoms with Crippen LogP contribution in [0, 0.1) is 0 Å². The number of pyridine rings is 2. The second kappa shape index (κ2) is 11.0. The fourth-order valence-corrected chi connectivity index (χ4v) is 10.4. The van der Waals surface area contributed by atoms with Crippen molar-refractivity contribution in [3.8, 4) is 0 Å². The first-order chi connectivity index (χ1) is 25.2. The zero-order valence-electron chi connectivity index (χ0n) is 27.5. The van der Waals surface area contributed by atoms with Crippen molar-refractivity contribution in [3.63, 3.8) is 0 Å². The molecule has 0 N–H and O–H groups in total. The summed E-state index contributed by atoms with van der Waals surface area (Å²) in [4.78, 5) is 16.3. The molecular formula is C45H28N4S2. The van der Waals surface area contributed by atoms with Gasteiger partial charge in [0.05, 0.1) is 26.5 Å². The number of hydrogen-bond donors (Lipinski definition) is 0. The van der Waals surface area contributed by atoms with Gasteiger partial charge in [-0.2, -0.15) is 0 Å². The largest absolute Gasteiger partial charge is 0.343 e. The summed E-state index contributed by atoms with van der Waals surface area (Å²) in [7, 11) is 2.20. The van der Waals surface area contributed by atoms with Crippen molar-refractivity contribution in [1.82, 2.24) is 9.97 Å². The maximum Gasteiger partial charge on any atom is 0.124 e. The van der Waals surface area contributed by atoms with E-state index in [1.807, 2.05) is 24.5 Å². The molecule has 4 heterocycles. The van der Waals surface area contributed by atoms with Gasteiger partial charge < -0.3 is 9.80 Å². The SMILES string of the molecule is CN(c1ccc2ccc3c(N(c4ccccc4)c4cccc5c4sc4ncccc45)ccc4ccc1c2c43)c1cccc2c1sc1ncccc12. The van der Waals surface area contributed by atoms with Crippen LogP contribution in [-0.4, -0.2) is 17.0 Å². The van der Waals surface area contributed by atoms with Gasteiger partial charge in [-0.1, -0.05) is 78.9 Å². The van der Waals surface area contributed by atoms with Crippen LogP contribution in [0.1, 0.15) is 0 Å². The molecule has 0 saturated heterocycles. The molecule has 0 aliphatic heterocycles. The summed E-state index contributed by atoms with van der Waals surface area (Å²) in [5.74, 6) is 0. The van der Waals surface area contributed by atoms with E-state index in [0.29, 0.717) is 0 Å². The van der Waals surface area contributed by atoms with Gasteiger partial charge in [0, 0.05) is 63.1 Å². The lowest BCUT2D eigenvalue weighted by atomic mass is 9.92. The van der Waals surface area contributed by atoms with E-state index in [0.717, 1.165) is 26.7 Å². The van der Waals surface area contributed by atoms with Crippen molar-refractivity contribution in [1.29, 1.82) is 0 Å². The van der Waals surface area contributed by atoms with E-state index in [1.54, 1.807) is 22.7 Å². The standard InChI is InChI=1S/C45H28N4S2/c1-48(38-15-5-11-30-32-13-7-25-46-44(32)50-42(30)38)36-23-19-27-18-22-35-37(24-20-28-17-21-34(36)40(27)41(28)35)49(29-9-3-2-4-10-29)39-16-6-12-31-33-14-8-26-47-45(33)51-43(31)39/h2-26H,1H3. The molecule has 0 bridgehead atoms. The van der Waals surface area contributed by atoms with Crippen LogP contribution in [0.15, 0.2) is 152 Å². The zero-order valence-corrected chi connectivity index (χ0v) is 29.2. The number of rotatable bonds is 5. The molecule has 0 fully saturated rings. The summed E-state index contributed by atoms with van der Waals surface area (Å²) >= 11 is 3.53. The van der Waals surface area contributed by atoms with Crippen LogP contribution in [0.2, 0.25) is 0 Å². The Kier molecular flexibility index (Phi) is 6.17. The minimum Gasteiger partial charge on any atom is -0.343 e. The second-order valence-corrected chi connectivity index (χ2v) is 15.0. The Bertz CT molecular complexity index is 3130. The normalized spacial score (nSPS) is 12.0. The van der Waals surface area contributed by atoms with E-state index < -0.39 is 0 Å². The second-order valence-electron chi connectivity index (χ2n) is 13.0. The third kappa shape index (κ3) is 4.18. The molecule has 0 unspecified atom stereocenters. The Morgan fingerprint density at radius 3 is 1.59 bits per heavy atom. The molecule has 0 amide bonds. The smallest absolute Gasteiger partial charge is 0.124 e. The molecule has 51 heavy (non-hydrogen) atoms. The summed E-state index contributed by atoms with van der Waals surface area (Å²) < 4.78 is 2.49. The highest BCUT2D eigenvalue weighted by atomic mass is 32.1. The Labute approximate surface area is 301 Å². The lowest BCUT2D eigenvalue weighted by Gasteiger charge is -2.28. The molecule has 4 nitrogen and oxygen atoms in total. The number of benzene rings is 7. The molecule has 0 atom stereocenters. The fraction of sp³-hybridized carbons (Fsp3) is 0.0222. The van der Waals surface area contributed by atoms with Gasteiger partial charge in [-0.15, -0.1) is 22.7 Å². The van der Waals surface area contributed by atoms with Crippen LogP contribution in [-0.2, 0) is 0 Å². The van der Waals surface area contributed by atoms with E-state index in [2.05, 4.69) is 149 Å². The molecule has 4 aromatic heterocycles. The predicted molar refractivity (Wildman–Crippen MR) is 221 cm³/mol. The summed E-state index contributed by atoms with van der Waals surface area (Å²) in [6.45, 7) is 0. The number of hydrogen-bond acceptors (Lipinski definition) is 6. The minimum atomic E-state index is 1.06. The average Bonchev–Trinajstić information content (AvgIpc) is 3.77. The maximum atomic E-state index is 4.74. The van der Waals surface area contributed by atoms with Gasteiger partial charge >= 0.3 is 0 Å². The van der Waals surface area contributed by atoms with Gasteiger partial charge in [0.2, 0.25) is 0 Å². The van der Waals surface area contributed by atoms with Gasteiger partial charge in [0.25, 0.3) is 0 Å². The highest BCUT2D eigenvalue weighted by molar-refractivity contribution is 7.26. The quantitative estimate of drug-likeness (QED) is 0.169. The van der Waals surface area contributed by atoms with E-state index >= 15 is 0 Å². The van der Waals surface area contributed by atoms with Gasteiger partial charge in [0.1, 0.15) is 9.66 Å². The lowest BCUT2D eigenvalue weighted by Crippen LogP contribution is -2.11. The molecule has 240 valence electrons. The number of thiophene rings is 2. The van der Waals surface area contributed by atoms with Gasteiger partial charge in [-0.05, 0) is 82.2 Å². The third-order valence-corrected chi connectivity index (χ3v) is 12.6. The monoisotopic (exact) mass is 688 g/mol. The fourth-order valence-electron chi connectivity index (χ4n) is 8.05. The lowest BCUT2D eigenvalue weighted by molar-refractivity contribution is 1.24. The molecule has 11 aromatic rings. The molecule has 11 rings (SSSR count). The van der Waals surface area contributed by atoms with Gasteiger partial charge in [-0.3, -0.25) is 0 Å². The van der Waals surface area contributed by atoms with E-state index in [9.17, 15) is 0 Å². The Balaban J connectivity index is 1.16. The summed E-state index contributed by atoms with van der Waals surface area (Å²) in [5.41, 5.74) is 5.80. The minimum absolute atomic E-state index is 1.06. The number of fused-ring (bicyclic) bond motifs is 6. The van der Waals surface area contributed by atoms with E-state index in [-0.39, 0.29) is 0 Å². The molecule has 0 spiro atoms. The molecule has 0 aliphatic carbocycles. The topological polar surface area (TPSA) is 32.3 Å². The van der Waals surface area contributed by atoms with Crippen LogP contribution < -0.4 is 9.80 Å². The Hall–Kier alpha value is -6.08. The first kappa shape index (κ1) is 28.7. The third-order valence-electron chi connectivity index (χ3n) is 10.3. The highest BCUT2D eigenvalue weighted by Gasteiger charge is 2.23. The first-order valence-corrected chi connectivity index (χ1v) is 18.7. The van der Waals surface area contributed by atoms with Crippen molar-refractivity contribution >= 4 is 124 Å². The molecule has 0 radical (unpaired) electrons. The van der Waals surface area contributed by atoms with Gasteiger partial charge in [-0.25, -0.2) is 9.97 Å². The van der Waals surface area contributed by atoms with Crippen molar-refractivity contribution < 1.29 is 0 Å².